The second kappa shape index (κ2) is 10.2. The maximum Gasteiger partial charge on any atom is 0.223 e. The van der Waals surface area contributed by atoms with Crippen molar-refractivity contribution in [3.8, 4) is 5.75 Å². The third kappa shape index (κ3) is 5.42. The molecule has 3 heterocycles. The van der Waals surface area contributed by atoms with Gasteiger partial charge in [-0.1, -0.05) is 18.2 Å². The van der Waals surface area contributed by atoms with Gasteiger partial charge in [-0.15, -0.1) is 0 Å². The summed E-state index contributed by atoms with van der Waals surface area (Å²) in [5.41, 5.74) is 9.01. The Kier molecular flexibility index (Phi) is 7.17. The van der Waals surface area contributed by atoms with Gasteiger partial charge in [0.15, 0.2) is 0 Å². The average Bonchev–Trinajstić information content (AvgIpc) is 3.18. The van der Waals surface area contributed by atoms with E-state index in [0.29, 0.717) is 6.42 Å². The van der Waals surface area contributed by atoms with Crippen molar-refractivity contribution in [2.45, 2.75) is 31.8 Å². The van der Waals surface area contributed by atoms with E-state index in [1.165, 1.54) is 5.56 Å². The van der Waals surface area contributed by atoms with Gasteiger partial charge < -0.3 is 9.64 Å². The minimum absolute atomic E-state index is 0.115. The Hall–Kier alpha value is -2.48. The van der Waals surface area contributed by atoms with Crippen LogP contribution in [0.3, 0.4) is 0 Å². The van der Waals surface area contributed by atoms with Crippen LogP contribution in [0.1, 0.15) is 30.6 Å². The number of aromatic nitrogens is 1. The molecule has 2 aliphatic heterocycles. The summed E-state index contributed by atoms with van der Waals surface area (Å²) in [5.74, 6) is 1.31. The van der Waals surface area contributed by atoms with Gasteiger partial charge in [0.05, 0.1) is 13.2 Å². The van der Waals surface area contributed by atoms with Crippen LogP contribution in [-0.4, -0.2) is 66.6 Å². The largest absolute Gasteiger partial charge is 0.497 e. The van der Waals surface area contributed by atoms with Gasteiger partial charge in [-0.25, -0.2) is 5.43 Å². The van der Waals surface area contributed by atoms with Crippen molar-refractivity contribution in [2.24, 2.45) is 5.92 Å². The third-order valence-corrected chi connectivity index (χ3v) is 6.56. The fourth-order valence-corrected chi connectivity index (χ4v) is 4.53. The Labute approximate surface area is 184 Å². The molecule has 0 saturated carbocycles. The van der Waals surface area contributed by atoms with Crippen molar-refractivity contribution in [1.29, 1.82) is 0 Å². The summed E-state index contributed by atoms with van der Waals surface area (Å²) in [7, 11) is 1.67. The van der Waals surface area contributed by atoms with Crippen LogP contribution in [-0.2, 0) is 11.2 Å². The van der Waals surface area contributed by atoms with E-state index in [4.69, 9.17) is 4.74 Å². The number of nitrogens with zero attached hydrogens (tertiary/aromatic N) is 3. The van der Waals surface area contributed by atoms with Gasteiger partial charge in [0.25, 0.3) is 0 Å². The SMILES string of the molecule is COc1ccc(C2NNC(C)C2CC(=O)N2CCN(CCc3ccccn3)CC2)cc1. The molecular weight excluding hydrogens is 390 g/mol. The van der Waals surface area contributed by atoms with Crippen molar-refractivity contribution in [2.75, 3.05) is 39.8 Å². The Morgan fingerprint density at radius 2 is 1.87 bits per heavy atom. The summed E-state index contributed by atoms with van der Waals surface area (Å²) in [6.45, 7) is 6.59. The third-order valence-electron chi connectivity index (χ3n) is 6.56. The first kappa shape index (κ1) is 21.7. The molecule has 1 aromatic carbocycles. The summed E-state index contributed by atoms with van der Waals surface area (Å²) >= 11 is 0. The molecule has 7 heteroatoms. The van der Waals surface area contributed by atoms with Crippen LogP contribution < -0.4 is 15.6 Å². The fourth-order valence-electron chi connectivity index (χ4n) is 4.53. The number of amides is 1. The number of methoxy groups -OCH3 is 1. The van der Waals surface area contributed by atoms with Gasteiger partial charge in [-0.2, -0.15) is 0 Å². The van der Waals surface area contributed by atoms with Crippen molar-refractivity contribution >= 4 is 5.91 Å². The summed E-state index contributed by atoms with van der Waals surface area (Å²) in [4.78, 5) is 22.0. The molecule has 0 spiro atoms. The van der Waals surface area contributed by atoms with Crippen LogP contribution in [0.25, 0.3) is 0 Å². The quantitative estimate of drug-likeness (QED) is 0.710. The number of rotatable bonds is 7. The zero-order valence-electron chi connectivity index (χ0n) is 18.5. The van der Waals surface area contributed by atoms with Crippen molar-refractivity contribution in [1.82, 2.24) is 25.6 Å². The molecule has 4 rings (SSSR count). The van der Waals surface area contributed by atoms with E-state index in [1.807, 2.05) is 35.4 Å². The second-order valence-electron chi connectivity index (χ2n) is 8.49. The highest BCUT2D eigenvalue weighted by Gasteiger charge is 2.36. The lowest BCUT2D eigenvalue weighted by Crippen LogP contribution is -2.49. The first-order valence-corrected chi connectivity index (χ1v) is 11.2. The Morgan fingerprint density at radius 1 is 1.10 bits per heavy atom. The first-order chi connectivity index (χ1) is 15.1. The Morgan fingerprint density at radius 3 is 2.55 bits per heavy atom. The Balaban J connectivity index is 1.28. The maximum absolute atomic E-state index is 13.1. The molecule has 3 atom stereocenters. The van der Waals surface area contributed by atoms with E-state index in [9.17, 15) is 4.79 Å². The number of benzene rings is 1. The number of piperazine rings is 1. The van der Waals surface area contributed by atoms with E-state index in [-0.39, 0.29) is 23.9 Å². The van der Waals surface area contributed by atoms with Crippen LogP contribution in [0, 0.1) is 5.92 Å². The molecule has 31 heavy (non-hydrogen) atoms. The normalized spacial score (nSPS) is 24.3. The molecule has 3 unspecified atom stereocenters. The lowest BCUT2D eigenvalue weighted by atomic mass is 9.87. The standard InChI is InChI=1S/C24H33N5O2/c1-18-22(24(27-26-18)19-6-8-21(31-2)9-7-19)17-23(30)29-15-13-28(14-16-29)12-10-20-5-3-4-11-25-20/h3-9,11,18,22,24,26-27H,10,12-17H2,1-2H3. The lowest BCUT2D eigenvalue weighted by molar-refractivity contribution is -0.134. The predicted octanol–water partition coefficient (Wildman–Crippen LogP) is 2.02. The summed E-state index contributed by atoms with van der Waals surface area (Å²) in [6, 6.07) is 14.5. The molecule has 166 valence electrons. The first-order valence-electron chi connectivity index (χ1n) is 11.2. The molecular formula is C24H33N5O2. The molecule has 1 amide bonds. The van der Waals surface area contributed by atoms with Crippen LogP contribution in [0.4, 0.5) is 0 Å². The number of hydrazine groups is 1. The van der Waals surface area contributed by atoms with Crippen LogP contribution >= 0.6 is 0 Å². The monoisotopic (exact) mass is 423 g/mol. The zero-order chi connectivity index (χ0) is 21.6. The highest BCUT2D eigenvalue weighted by molar-refractivity contribution is 5.76. The van der Waals surface area contributed by atoms with Crippen LogP contribution in [0.15, 0.2) is 48.7 Å². The highest BCUT2D eigenvalue weighted by Crippen LogP contribution is 2.32. The van der Waals surface area contributed by atoms with Gasteiger partial charge in [0.2, 0.25) is 5.91 Å². The molecule has 0 bridgehead atoms. The van der Waals surface area contributed by atoms with Crippen molar-refractivity contribution in [3.63, 3.8) is 0 Å². The van der Waals surface area contributed by atoms with E-state index in [0.717, 1.165) is 50.6 Å². The van der Waals surface area contributed by atoms with Crippen molar-refractivity contribution in [3.05, 3.63) is 59.9 Å². The number of hydrogen-bond acceptors (Lipinski definition) is 6. The average molecular weight is 424 g/mol. The number of hydrogen-bond donors (Lipinski definition) is 2. The van der Waals surface area contributed by atoms with E-state index >= 15 is 0 Å². The molecule has 0 radical (unpaired) electrons. The molecule has 2 fully saturated rings. The molecule has 2 aliphatic rings. The molecule has 0 aliphatic carbocycles. The van der Waals surface area contributed by atoms with Gasteiger partial charge in [-0.3, -0.25) is 20.1 Å². The minimum Gasteiger partial charge on any atom is -0.497 e. The zero-order valence-corrected chi connectivity index (χ0v) is 18.5. The number of nitrogens with one attached hydrogen (secondary N) is 2. The van der Waals surface area contributed by atoms with E-state index < -0.39 is 0 Å². The molecule has 1 aromatic heterocycles. The summed E-state index contributed by atoms with van der Waals surface area (Å²) < 4.78 is 5.27. The van der Waals surface area contributed by atoms with Gasteiger partial charge in [0.1, 0.15) is 5.75 Å². The van der Waals surface area contributed by atoms with Crippen LogP contribution in [0.2, 0.25) is 0 Å². The minimum atomic E-state index is 0.115. The summed E-state index contributed by atoms with van der Waals surface area (Å²) in [5, 5.41) is 0. The topological polar surface area (TPSA) is 69.7 Å². The molecule has 2 aromatic rings. The van der Waals surface area contributed by atoms with E-state index in [2.05, 4.69) is 45.9 Å². The van der Waals surface area contributed by atoms with Gasteiger partial charge in [-0.05, 0) is 36.8 Å². The number of carbonyl (C=O) groups is 1. The number of carbonyl (C=O) groups excluding carboxylic acids is 1. The van der Waals surface area contributed by atoms with E-state index in [1.54, 1.807) is 7.11 Å². The fraction of sp³-hybridized carbons (Fsp3) is 0.500. The lowest BCUT2D eigenvalue weighted by Gasteiger charge is -2.35. The molecule has 7 nitrogen and oxygen atoms in total. The number of pyridine rings is 1. The molecule has 2 saturated heterocycles. The van der Waals surface area contributed by atoms with Crippen LogP contribution in [0.5, 0.6) is 5.75 Å². The second-order valence-corrected chi connectivity index (χ2v) is 8.49. The molecule has 2 N–H and O–H groups in total. The Bertz CT molecular complexity index is 837. The number of ether oxygens (including phenoxy) is 1. The van der Waals surface area contributed by atoms with Crippen molar-refractivity contribution < 1.29 is 9.53 Å². The van der Waals surface area contributed by atoms with Gasteiger partial charge >= 0.3 is 0 Å². The smallest absolute Gasteiger partial charge is 0.223 e. The predicted molar refractivity (Wildman–Crippen MR) is 121 cm³/mol. The maximum atomic E-state index is 13.1. The van der Waals surface area contributed by atoms with Gasteiger partial charge in [0, 0.05) is 69.4 Å². The highest BCUT2D eigenvalue weighted by atomic mass is 16.5. The summed E-state index contributed by atoms with van der Waals surface area (Å²) in [6.07, 6.45) is 3.35.